The van der Waals surface area contributed by atoms with E-state index < -0.39 is 28.5 Å². The molecular weight excluding hydrogens is 332 g/mol. The van der Waals surface area contributed by atoms with Gasteiger partial charge in [0.05, 0.1) is 22.8 Å². The predicted octanol–water partition coefficient (Wildman–Crippen LogP) is 0.888. The fourth-order valence-corrected chi connectivity index (χ4v) is 2.95. The molecule has 2 N–H and O–H groups in total. The van der Waals surface area contributed by atoms with Gasteiger partial charge in [-0.2, -0.15) is 4.89 Å². The number of non-ortho nitro benzene ring substituents is 1. The van der Waals surface area contributed by atoms with Crippen LogP contribution in [0.4, 0.5) is 5.69 Å². The topological polar surface area (TPSA) is 128 Å². The Hall–Kier alpha value is -2.52. The van der Waals surface area contributed by atoms with Crippen LogP contribution in [-0.2, 0) is 25.8 Å². The molecule has 1 fully saturated rings. The van der Waals surface area contributed by atoms with Gasteiger partial charge in [0.25, 0.3) is 5.69 Å². The van der Waals surface area contributed by atoms with E-state index in [1.807, 2.05) is 0 Å². The van der Waals surface area contributed by atoms with Crippen molar-refractivity contribution < 1.29 is 29.4 Å². The number of aliphatic hydroxyl groups is 1. The minimum Gasteiger partial charge on any atom is -0.396 e. The molecule has 1 aromatic rings. The third kappa shape index (κ3) is 4.31. The van der Waals surface area contributed by atoms with Crippen molar-refractivity contribution >= 4 is 17.6 Å². The van der Waals surface area contributed by atoms with Crippen LogP contribution in [0.1, 0.15) is 25.8 Å². The van der Waals surface area contributed by atoms with Gasteiger partial charge in [0.15, 0.2) is 0 Å². The molecule has 1 saturated heterocycles. The maximum atomic E-state index is 11.8. The quantitative estimate of drug-likeness (QED) is 0.308. The summed E-state index contributed by atoms with van der Waals surface area (Å²) in [5.74, 6) is -1.44. The smallest absolute Gasteiger partial charge is 0.346 e. The number of rotatable bonds is 8. The van der Waals surface area contributed by atoms with E-state index in [4.69, 9.17) is 14.9 Å². The summed E-state index contributed by atoms with van der Waals surface area (Å²) in [5.41, 5.74) is -0.129. The second-order valence-corrected chi connectivity index (χ2v) is 6.22. The predicted molar refractivity (Wildman–Crippen MR) is 85.2 cm³/mol. The van der Waals surface area contributed by atoms with Crippen LogP contribution in [0.2, 0.25) is 0 Å². The molecule has 3 unspecified atom stereocenters. The van der Waals surface area contributed by atoms with Gasteiger partial charge < -0.3 is 10.4 Å². The minimum atomic E-state index is -0.677. The van der Waals surface area contributed by atoms with Crippen LogP contribution in [-0.4, -0.2) is 40.2 Å². The number of β-lactam (4-membered cyclic amide) rings is 1. The average Bonchev–Trinajstić information content (AvgIpc) is 2.53. The van der Waals surface area contributed by atoms with Gasteiger partial charge in [-0.25, -0.2) is 4.79 Å². The van der Waals surface area contributed by atoms with Crippen molar-refractivity contribution in [2.45, 2.75) is 38.3 Å². The van der Waals surface area contributed by atoms with E-state index in [9.17, 15) is 19.7 Å². The molecule has 1 aliphatic heterocycles. The maximum Gasteiger partial charge on any atom is 0.346 e. The van der Waals surface area contributed by atoms with Crippen LogP contribution in [0.3, 0.4) is 0 Å². The molecule has 1 amide bonds. The van der Waals surface area contributed by atoms with E-state index in [-0.39, 0.29) is 24.6 Å². The number of nitro groups is 1. The van der Waals surface area contributed by atoms with Crippen molar-refractivity contribution in [3.05, 3.63) is 39.9 Å². The van der Waals surface area contributed by atoms with Crippen LogP contribution in [0, 0.1) is 16.0 Å². The molecular formula is C16H20N2O7. The first kappa shape index (κ1) is 18.8. The number of nitro benzene ring substituents is 1. The molecule has 1 heterocycles. The van der Waals surface area contributed by atoms with Crippen LogP contribution < -0.4 is 5.32 Å². The molecule has 0 aromatic heterocycles. The lowest BCUT2D eigenvalue weighted by atomic mass is 9.72. The number of aliphatic hydroxyl groups excluding tert-OH is 1. The minimum absolute atomic E-state index is 0.0684. The lowest BCUT2D eigenvalue weighted by Crippen LogP contribution is -2.70. The molecule has 0 aliphatic carbocycles. The zero-order valence-corrected chi connectivity index (χ0v) is 13.9. The van der Waals surface area contributed by atoms with E-state index in [1.54, 1.807) is 13.8 Å². The first-order valence-corrected chi connectivity index (χ1v) is 7.79. The summed E-state index contributed by atoms with van der Waals surface area (Å²) in [6.07, 6.45) is -0.422. The molecule has 25 heavy (non-hydrogen) atoms. The van der Waals surface area contributed by atoms with Crippen LogP contribution >= 0.6 is 0 Å². The van der Waals surface area contributed by atoms with Crippen molar-refractivity contribution in [2.24, 2.45) is 5.92 Å². The zero-order valence-electron chi connectivity index (χ0n) is 13.9. The molecule has 0 spiro atoms. The Morgan fingerprint density at radius 1 is 1.44 bits per heavy atom. The molecule has 9 heteroatoms. The Bertz CT molecular complexity index is 661. The van der Waals surface area contributed by atoms with Crippen LogP contribution in [0.5, 0.6) is 0 Å². The van der Waals surface area contributed by atoms with Gasteiger partial charge in [-0.05, 0) is 25.8 Å². The zero-order chi connectivity index (χ0) is 18.6. The molecule has 1 aliphatic rings. The van der Waals surface area contributed by atoms with Gasteiger partial charge in [0, 0.05) is 18.7 Å². The van der Waals surface area contributed by atoms with E-state index in [0.29, 0.717) is 12.0 Å². The lowest BCUT2D eigenvalue weighted by Gasteiger charge is -2.48. The van der Waals surface area contributed by atoms with Crippen LogP contribution in [0.15, 0.2) is 24.3 Å². The molecule has 136 valence electrons. The highest BCUT2D eigenvalue weighted by Crippen LogP contribution is 2.34. The SMILES string of the molecule is CC(OOC(=O)Cc1ccc([N+](=O)[O-])cc1)C1C(=O)NC1(C)CCO. The Balaban J connectivity index is 1.85. The van der Waals surface area contributed by atoms with Crippen molar-refractivity contribution in [1.29, 1.82) is 0 Å². The second-order valence-electron chi connectivity index (χ2n) is 6.22. The third-order valence-corrected chi connectivity index (χ3v) is 4.27. The van der Waals surface area contributed by atoms with Gasteiger partial charge in [0.1, 0.15) is 6.10 Å². The molecule has 9 nitrogen and oxygen atoms in total. The van der Waals surface area contributed by atoms with Crippen molar-refractivity contribution in [3.8, 4) is 0 Å². The van der Waals surface area contributed by atoms with Crippen molar-refractivity contribution in [1.82, 2.24) is 5.32 Å². The highest BCUT2D eigenvalue weighted by atomic mass is 17.2. The first-order valence-electron chi connectivity index (χ1n) is 7.79. The number of hydrogen-bond donors (Lipinski definition) is 2. The summed E-state index contributed by atoms with van der Waals surface area (Å²) < 4.78 is 0. The first-order chi connectivity index (χ1) is 11.8. The Morgan fingerprint density at radius 2 is 2.08 bits per heavy atom. The van der Waals surface area contributed by atoms with Crippen molar-refractivity contribution in [2.75, 3.05) is 6.61 Å². The van der Waals surface area contributed by atoms with Gasteiger partial charge >= 0.3 is 5.97 Å². The standard InChI is InChI=1S/C16H20N2O7/c1-10(14-15(21)17-16(14,2)7-8-19)24-25-13(20)9-11-3-5-12(6-4-11)18(22)23/h3-6,10,14,19H,7-9H2,1-2H3,(H,17,21). The highest BCUT2D eigenvalue weighted by Gasteiger charge is 2.53. The van der Waals surface area contributed by atoms with Crippen molar-refractivity contribution in [3.63, 3.8) is 0 Å². The number of carbonyl (C=O) groups excluding carboxylic acids is 2. The highest BCUT2D eigenvalue weighted by molar-refractivity contribution is 5.88. The summed E-state index contributed by atoms with van der Waals surface area (Å²) in [7, 11) is 0. The Morgan fingerprint density at radius 3 is 2.60 bits per heavy atom. The number of carbonyl (C=O) groups is 2. The molecule has 1 aromatic carbocycles. The van der Waals surface area contributed by atoms with E-state index >= 15 is 0 Å². The van der Waals surface area contributed by atoms with Gasteiger partial charge in [-0.1, -0.05) is 12.1 Å². The van der Waals surface area contributed by atoms with E-state index in [2.05, 4.69) is 5.32 Å². The molecule has 0 radical (unpaired) electrons. The second kappa shape index (κ2) is 7.58. The summed E-state index contributed by atoms with van der Waals surface area (Å²) in [6.45, 7) is 3.31. The molecule has 0 bridgehead atoms. The largest absolute Gasteiger partial charge is 0.396 e. The van der Waals surface area contributed by atoms with Gasteiger partial charge in [-0.3, -0.25) is 19.8 Å². The third-order valence-electron chi connectivity index (χ3n) is 4.27. The Labute approximate surface area is 144 Å². The van der Waals surface area contributed by atoms with Gasteiger partial charge in [-0.15, -0.1) is 0 Å². The fourth-order valence-electron chi connectivity index (χ4n) is 2.95. The normalized spacial score (nSPS) is 23.3. The number of amides is 1. The molecule has 2 rings (SSSR count). The summed E-state index contributed by atoms with van der Waals surface area (Å²) >= 11 is 0. The summed E-state index contributed by atoms with van der Waals surface area (Å²) in [4.78, 5) is 43.4. The average molecular weight is 352 g/mol. The number of nitrogens with zero attached hydrogens (tertiary/aromatic N) is 1. The molecule has 0 saturated carbocycles. The van der Waals surface area contributed by atoms with Gasteiger partial charge in [0.2, 0.25) is 5.91 Å². The maximum absolute atomic E-state index is 11.8. The molecule has 3 atom stereocenters. The monoisotopic (exact) mass is 352 g/mol. The number of hydrogen-bond acceptors (Lipinski definition) is 7. The van der Waals surface area contributed by atoms with E-state index in [1.165, 1.54) is 24.3 Å². The number of benzene rings is 1. The Kier molecular flexibility index (Phi) is 5.70. The summed E-state index contributed by atoms with van der Waals surface area (Å²) in [5, 5.41) is 22.4. The van der Waals surface area contributed by atoms with Crippen LogP contribution in [0.25, 0.3) is 0 Å². The number of nitrogens with one attached hydrogen (secondary N) is 1. The lowest BCUT2D eigenvalue weighted by molar-refractivity contribution is -0.384. The summed E-state index contributed by atoms with van der Waals surface area (Å²) in [6, 6.07) is 5.51. The fraction of sp³-hybridized carbons (Fsp3) is 0.500. The van der Waals surface area contributed by atoms with E-state index in [0.717, 1.165) is 0 Å².